The van der Waals surface area contributed by atoms with Crippen LogP contribution in [-0.2, 0) is 26.1 Å². The SMILES string of the molecule is C=C(CC(=O)OC1(c2ccc(C(F)(F)F)c(Cl)c2)CCC1)C(=O)O. The number of carbonyl (C=O) groups excluding carboxylic acids is 1. The minimum atomic E-state index is -4.57. The number of hydrogen-bond donors (Lipinski definition) is 1. The predicted octanol–water partition coefficient (Wildman–Crippen LogP) is 4.31. The molecule has 1 N–H and O–H groups in total. The Hall–Kier alpha value is -2.02. The topological polar surface area (TPSA) is 63.6 Å². The Morgan fingerprint density at radius 3 is 2.38 bits per heavy atom. The van der Waals surface area contributed by atoms with Gasteiger partial charge in [0, 0.05) is 5.57 Å². The number of benzene rings is 1. The number of carboxylic acids is 1. The van der Waals surface area contributed by atoms with Gasteiger partial charge in [-0.15, -0.1) is 0 Å². The van der Waals surface area contributed by atoms with Gasteiger partial charge in [0.25, 0.3) is 0 Å². The Morgan fingerprint density at radius 2 is 1.96 bits per heavy atom. The highest BCUT2D eigenvalue weighted by Crippen LogP contribution is 2.47. The first-order valence-electron chi connectivity index (χ1n) is 7.05. The molecule has 0 unspecified atom stereocenters. The van der Waals surface area contributed by atoms with Crippen molar-refractivity contribution < 1.29 is 32.6 Å². The van der Waals surface area contributed by atoms with Gasteiger partial charge in [-0.2, -0.15) is 13.2 Å². The minimum Gasteiger partial charge on any atom is -0.478 e. The lowest BCUT2D eigenvalue weighted by atomic mass is 9.74. The van der Waals surface area contributed by atoms with Crippen LogP contribution >= 0.6 is 11.6 Å². The number of halogens is 4. The normalized spacial score (nSPS) is 16.2. The fourth-order valence-electron chi connectivity index (χ4n) is 2.48. The van der Waals surface area contributed by atoms with Gasteiger partial charge in [-0.05, 0) is 37.0 Å². The maximum Gasteiger partial charge on any atom is 0.417 e. The number of alkyl halides is 3. The molecule has 1 aliphatic carbocycles. The van der Waals surface area contributed by atoms with Gasteiger partial charge in [0.1, 0.15) is 5.60 Å². The van der Waals surface area contributed by atoms with Crippen LogP contribution in [0.25, 0.3) is 0 Å². The second kappa shape index (κ2) is 6.47. The van der Waals surface area contributed by atoms with Crippen LogP contribution in [-0.4, -0.2) is 17.0 Å². The summed E-state index contributed by atoms with van der Waals surface area (Å²) in [6, 6.07) is 3.22. The smallest absolute Gasteiger partial charge is 0.417 e. The first-order valence-corrected chi connectivity index (χ1v) is 7.43. The Bertz CT molecular complexity index is 693. The fourth-order valence-corrected chi connectivity index (χ4v) is 2.77. The van der Waals surface area contributed by atoms with Crippen molar-refractivity contribution in [2.75, 3.05) is 0 Å². The van der Waals surface area contributed by atoms with Crippen molar-refractivity contribution in [1.82, 2.24) is 0 Å². The molecule has 1 fully saturated rings. The highest BCUT2D eigenvalue weighted by atomic mass is 35.5. The van der Waals surface area contributed by atoms with Crippen LogP contribution in [0.1, 0.15) is 36.8 Å². The van der Waals surface area contributed by atoms with Crippen molar-refractivity contribution in [3.63, 3.8) is 0 Å². The molecular formula is C16H14ClF3O4. The fraction of sp³-hybridized carbons (Fsp3) is 0.375. The number of rotatable bonds is 5. The van der Waals surface area contributed by atoms with E-state index in [1.807, 2.05) is 0 Å². The molecule has 1 aliphatic rings. The second-order valence-electron chi connectivity index (χ2n) is 5.60. The molecule has 0 heterocycles. The molecule has 0 aliphatic heterocycles. The van der Waals surface area contributed by atoms with Gasteiger partial charge >= 0.3 is 18.1 Å². The van der Waals surface area contributed by atoms with Crippen molar-refractivity contribution >= 4 is 23.5 Å². The van der Waals surface area contributed by atoms with Crippen LogP contribution in [0.15, 0.2) is 30.4 Å². The molecule has 4 nitrogen and oxygen atoms in total. The molecule has 1 aromatic rings. The lowest BCUT2D eigenvalue weighted by molar-refractivity contribution is -0.171. The third-order valence-electron chi connectivity index (χ3n) is 3.93. The standard InChI is InChI=1S/C16H14ClF3O4/c1-9(14(22)23)7-13(21)24-15(5-2-6-15)10-3-4-11(12(17)8-10)16(18,19)20/h3-4,8H,1-2,5-7H2,(H,22,23). The lowest BCUT2D eigenvalue weighted by Crippen LogP contribution is -2.39. The molecule has 1 aromatic carbocycles. The summed E-state index contributed by atoms with van der Waals surface area (Å²) in [5.41, 5.74) is -1.99. The van der Waals surface area contributed by atoms with Gasteiger partial charge in [-0.3, -0.25) is 4.79 Å². The third kappa shape index (κ3) is 3.72. The third-order valence-corrected chi connectivity index (χ3v) is 4.24. The van der Waals surface area contributed by atoms with Crippen molar-refractivity contribution in [1.29, 1.82) is 0 Å². The molecule has 2 rings (SSSR count). The average molecular weight is 363 g/mol. The number of carboxylic acid groups (broad SMARTS) is 1. The Balaban J connectivity index is 2.21. The van der Waals surface area contributed by atoms with E-state index >= 15 is 0 Å². The van der Waals surface area contributed by atoms with E-state index in [2.05, 4.69) is 6.58 Å². The Labute approximate surface area is 140 Å². The molecule has 0 saturated heterocycles. The predicted molar refractivity (Wildman–Crippen MR) is 79.5 cm³/mol. The van der Waals surface area contributed by atoms with E-state index in [0.717, 1.165) is 18.6 Å². The maximum atomic E-state index is 12.8. The summed E-state index contributed by atoms with van der Waals surface area (Å²) < 4.78 is 43.7. The molecular weight excluding hydrogens is 349 g/mol. The summed E-state index contributed by atoms with van der Waals surface area (Å²) in [5, 5.41) is 8.25. The highest BCUT2D eigenvalue weighted by molar-refractivity contribution is 6.31. The molecule has 0 radical (unpaired) electrons. The van der Waals surface area contributed by atoms with Gasteiger partial charge < -0.3 is 9.84 Å². The second-order valence-corrected chi connectivity index (χ2v) is 6.01. The number of hydrogen-bond acceptors (Lipinski definition) is 3. The van der Waals surface area contributed by atoms with Gasteiger partial charge in [-0.1, -0.05) is 24.2 Å². The highest BCUT2D eigenvalue weighted by Gasteiger charge is 2.44. The van der Waals surface area contributed by atoms with Crippen molar-refractivity contribution in [2.45, 2.75) is 37.5 Å². The van der Waals surface area contributed by atoms with Crippen LogP contribution < -0.4 is 0 Å². The summed E-state index contributed by atoms with van der Waals surface area (Å²) in [5.74, 6) is -2.11. The average Bonchev–Trinajstić information content (AvgIpc) is 2.41. The number of aliphatic carboxylic acids is 1. The number of ether oxygens (including phenoxy) is 1. The van der Waals surface area contributed by atoms with Crippen LogP contribution in [0.3, 0.4) is 0 Å². The zero-order chi connectivity index (χ0) is 18.1. The first kappa shape index (κ1) is 18.3. The van der Waals surface area contributed by atoms with Gasteiger partial charge in [0.05, 0.1) is 17.0 Å². The summed E-state index contributed by atoms with van der Waals surface area (Å²) in [4.78, 5) is 22.6. The molecule has 130 valence electrons. The van der Waals surface area contributed by atoms with E-state index in [1.165, 1.54) is 6.07 Å². The van der Waals surface area contributed by atoms with Crippen molar-refractivity contribution in [2.24, 2.45) is 0 Å². The van der Waals surface area contributed by atoms with E-state index in [-0.39, 0.29) is 5.57 Å². The Morgan fingerprint density at radius 1 is 1.33 bits per heavy atom. The number of esters is 1. The summed E-state index contributed by atoms with van der Waals surface area (Å²) in [7, 11) is 0. The van der Waals surface area contributed by atoms with Crippen LogP contribution in [0.4, 0.5) is 13.2 Å². The van der Waals surface area contributed by atoms with Crippen molar-refractivity contribution in [3.05, 3.63) is 46.5 Å². The molecule has 0 spiro atoms. The van der Waals surface area contributed by atoms with Gasteiger partial charge in [0.15, 0.2) is 0 Å². The zero-order valence-electron chi connectivity index (χ0n) is 12.5. The first-order chi connectivity index (χ1) is 11.0. The molecule has 8 heteroatoms. The Kier molecular flexibility index (Phi) is 4.94. The zero-order valence-corrected chi connectivity index (χ0v) is 13.2. The van der Waals surface area contributed by atoms with E-state index in [9.17, 15) is 22.8 Å². The summed E-state index contributed by atoms with van der Waals surface area (Å²) in [6.45, 7) is 3.25. The molecule has 0 amide bonds. The quantitative estimate of drug-likeness (QED) is 0.626. The van der Waals surface area contributed by atoms with Gasteiger partial charge in [0.2, 0.25) is 0 Å². The van der Waals surface area contributed by atoms with E-state index in [0.29, 0.717) is 18.4 Å². The van der Waals surface area contributed by atoms with Crippen molar-refractivity contribution in [3.8, 4) is 0 Å². The lowest BCUT2D eigenvalue weighted by Gasteiger charge is -2.41. The summed E-state index contributed by atoms with van der Waals surface area (Å²) in [6.07, 6.45) is -3.48. The monoisotopic (exact) mass is 362 g/mol. The number of carbonyl (C=O) groups is 2. The van der Waals surface area contributed by atoms with E-state index < -0.39 is 40.7 Å². The van der Waals surface area contributed by atoms with Crippen LogP contribution in [0, 0.1) is 0 Å². The van der Waals surface area contributed by atoms with E-state index in [4.69, 9.17) is 21.4 Å². The van der Waals surface area contributed by atoms with Crippen LogP contribution in [0.5, 0.6) is 0 Å². The molecule has 24 heavy (non-hydrogen) atoms. The molecule has 0 aromatic heterocycles. The molecule has 0 atom stereocenters. The molecule has 1 saturated carbocycles. The van der Waals surface area contributed by atoms with E-state index in [1.54, 1.807) is 0 Å². The largest absolute Gasteiger partial charge is 0.478 e. The molecule has 0 bridgehead atoms. The van der Waals surface area contributed by atoms with Crippen LogP contribution in [0.2, 0.25) is 5.02 Å². The summed E-state index contributed by atoms with van der Waals surface area (Å²) >= 11 is 5.71. The van der Waals surface area contributed by atoms with Gasteiger partial charge in [-0.25, -0.2) is 4.79 Å². The maximum absolute atomic E-state index is 12.8. The minimum absolute atomic E-state index is 0.320.